The number of nitrogens with zero attached hydrogens (tertiary/aromatic N) is 1. The number of likely N-dealkylation sites (tertiary alicyclic amines) is 1. The van der Waals surface area contributed by atoms with Crippen LogP contribution in [0.4, 0.5) is 0 Å². The largest absolute Gasteiger partial charge is 0.380 e. The molecule has 4 heteroatoms. The number of hydrogen-bond donors (Lipinski definition) is 1. The molecular formula is C13H27ClN2O. The number of halogens is 1. The van der Waals surface area contributed by atoms with E-state index in [9.17, 15) is 0 Å². The maximum Gasteiger partial charge on any atom is 0.0601 e. The Balaban J connectivity index is 1.86. The lowest BCUT2D eigenvalue weighted by atomic mass is 10.0. The van der Waals surface area contributed by atoms with Crippen LogP contribution in [0.2, 0.25) is 0 Å². The molecule has 17 heavy (non-hydrogen) atoms. The highest BCUT2D eigenvalue weighted by molar-refractivity contribution is 6.17. The first-order valence-electron chi connectivity index (χ1n) is 6.89. The van der Waals surface area contributed by atoms with Gasteiger partial charge in [-0.15, -0.1) is 11.6 Å². The van der Waals surface area contributed by atoms with Crippen LogP contribution in [0.5, 0.6) is 0 Å². The predicted molar refractivity (Wildman–Crippen MR) is 73.9 cm³/mol. The average molecular weight is 263 g/mol. The van der Waals surface area contributed by atoms with Crippen molar-refractivity contribution in [1.82, 2.24) is 10.2 Å². The van der Waals surface area contributed by atoms with Gasteiger partial charge in [-0.1, -0.05) is 6.42 Å². The Morgan fingerprint density at radius 2 is 2.18 bits per heavy atom. The molecule has 1 unspecified atom stereocenters. The standard InChI is InChI=1S/C13H27ClN2O/c1-16-10-3-2-5-13(16)6-9-15-8-4-11-17-12-7-14/h13,15H,2-12H2,1H3. The van der Waals surface area contributed by atoms with E-state index in [4.69, 9.17) is 16.3 Å². The second kappa shape index (κ2) is 10.1. The second-order valence-electron chi connectivity index (χ2n) is 4.82. The van der Waals surface area contributed by atoms with E-state index >= 15 is 0 Å². The molecule has 1 atom stereocenters. The van der Waals surface area contributed by atoms with Crippen molar-refractivity contribution in [3.05, 3.63) is 0 Å². The highest BCUT2D eigenvalue weighted by Gasteiger charge is 2.17. The van der Waals surface area contributed by atoms with Gasteiger partial charge in [0.2, 0.25) is 0 Å². The van der Waals surface area contributed by atoms with Crippen molar-refractivity contribution in [2.24, 2.45) is 0 Å². The van der Waals surface area contributed by atoms with E-state index in [-0.39, 0.29) is 0 Å². The fraction of sp³-hybridized carbons (Fsp3) is 1.00. The summed E-state index contributed by atoms with van der Waals surface area (Å²) in [6, 6.07) is 0.795. The van der Waals surface area contributed by atoms with Crippen LogP contribution >= 0.6 is 11.6 Å². The molecule has 102 valence electrons. The number of piperidine rings is 1. The van der Waals surface area contributed by atoms with Crippen molar-refractivity contribution in [2.45, 2.75) is 38.1 Å². The summed E-state index contributed by atoms with van der Waals surface area (Å²) in [5, 5.41) is 3.49. The maximum atomic E-state index is 5.52. The summed E-state index contributed by atoms with van der Waals surface area (Å²) in [6.45, 7) is 4.96. The molecule has 1 aliphatic heterocycles. The Bertz CT molecular complexity index is 181. The van der Waals surface area contributed by atoms with Gasteiger partial charge in [0.1, 0.15) is 0 Å². The van der Waals surface area contributed by atoms with E-state index in [0.29, 0.717) is 12.5 Å². The Kier molecular flexibility index (Phi) is 9.07. The predicted octanol–water partition coefficient (Wildman–Crippen LogP) is 2.10. The van der Waals surface area contributed by atoms with E-state index in [2.05, 4.69) is 17.3 Å². The lowest BCUT2D eigenvalue weighted by Crippen LogP contribution is -2.38. The van der Waals surface area contributed by atoms with Gasteiger partial charge in [0.05, 0.1) is 6.61 Å². The SMILES string of the molecule is CN1CCCCC1CCNCCCOCCCl. The van der Waals surface area contributed by atoms with Gasteiger partial charge in [0.15, 0.2) is 0 Å². The monoisotopic (exact) mass is 262 g/mol. The van der Waals surface area contributed by atoms with Crippen LogP contribution in [-0.2, 0) is 4.74 Å². The summed E-state index contributed by atoms with van der Waals surface area (Å²) in [5.74, 6) is 0.599. The topological polar surface area (TPSA) is 24.5 Å². The van der Waals surface area contributed by atoms with Gasteiger partial charge in [0.25, 0.3) is 0 Å². The number of alkyl halides is 1. The molecule has 1 heterocycles. The van der Waals surface area contributed by atoms with Gasteiger partial charge in [-0.3, -0.25) is 0 Å². The van der Waals surface area contributed by atoms with E-state index in [1.807, 2.05) is 0 Å². The highest BCUT2D eigenvalue weighted by Crippen LogP contribution is 2.16. The Morgan fingerprint density at radius 3 is 2.94 bits per heavy atom. The molecule has 0 spiro atoms. The molecule has 1 fully saturated rings. The number of rotatable bonds is 9. The molecule has 0 saturated carbocycles. The van der Waals surface area contributed by atoms with Crippen LogP contribution in [0, 0.1) is 0 Å². The quantitative estimate of drug-likeness (QED) is 0.509. The molecular weight excluding hydrogens is 236 g/mol. The van der Waals surface area contributed by atoms with Crippen LogP contribution < -0.4 is 5.32 Å². The normalized spacial score (nSPS) is 21.9. The molecule has 1 N–H and O–H groups in total. The van der Waals surface area contributed by atoms with Crippen molar-refractivity contribution < 1.29 is 4.74 Å². The van der Waals surface area contributed by atoms with E-state index in [1.54, 1.807) is 0 Å². The van der Waals surface area contributed by atoms with Gasteiger partial charge < -0.3 is 15.0 Å². The average Bonchev–Trinajstić information content (AvgIpc) is 2.35. The van der Waals surface area contributed by atoms with Crippen molar-refractivity contribution in [3.63, 3.8) is 0 Å². The van der Waals surface area contributed by atoms with Gasteiger partial charge in [-0.25, -0.2) is 0 Å². The third kappa shape index (κ3) is 7.24. The molecule has 0 aromatic rings. The lowest BCUT2D eigenvalue weighted by Gasteiger charge is -2.32. The van der Waals surface area contributed by atoms with Crippen LogP contribution in [0.1, 0.15) is 32.1 Å². The first-order valence-corrected chi connectivity index (χ1v) is 7.42. The maximum absolute atomic E-state index is 5.52. The van der Waals surface area contributed by atoms with Crippen LogP contribution in [-0.4, -0.2) is 56.7 Å². The summed E-state index contributed by atoms with van der Waals surface area (Å²) in [6.07, 6.45) is 6.51. The molecule has 1 aliphatic rings. The molecule has 3 nitrogen and oxygen atoms in total. The molecule has 1 rings (SSSR count). The first kappa shape index (κ1) is 15.2. The Morgan fingerprint density at radius 1 is 1.29 bits per heavy atom. The van der Waals surface area contributed by atoms with Gasteiger partial charge in [-0.05, 0) is 52.4 Å². The zero-order chi connectivity index (χ0) is 12.3. The van der Waals surface area contributed by atoms with Crippen LogP contribution in [0.25, 0.3) is 0 Å². The van der Waals surface area contributed by atoms with Gasteiger partial charge in [-0.2, -0.15) is 0 Å². The summed E-state index contributed by atoms with van der Waals surface area (Å²) in [7, 11) is 2.25. The molecule has 0 bridgehead atoms. The Hall–Kier alpha value is 0.170. The second-order valence-corrected chi connectivity index (χ2v) is 5.20. The lowest BCUT2D eigenvalue weighted by molar-refractivity contribution is 0.145. The van der Waals surface area contributed by atoms with Gasteiger partial charge >= 0.3 is 0 Å². The summed E-state index contributed by atoms with van der Waals surface area (Å²) in [4.78, 5) is 2.51. The minimum absolute atomic E-state index is 0.599. The number of hydrogen-bond acceptors (Lipinski definition) is 3. The highest BCUT2D eigenvalue weighted by atomic mass is 35.5. The number of ether oxygens (including phenoxy) is 1. The fourth-order valence-corrected chi connectivity index (χ4v) is 2.47. The van der Waals surface area contributed by atoms with Crippen LogP contribution in [0.3, 0.4) is 0 Å². The summed E-state index contributed by atoms with van der Waals surface area (Å²) in [5.41, 5.74) is 0. The van der Waals surface area contributed by atoms with E-state index < -0.39 is 0 Å². The minimum atomic E-state index is 0.599. The van der Waals surface area contributed by atoms with E-state index in [0.717, 1.165) is 32.2 Å². The molecule has 0 aromatic heterocycles. The summed E-state index contributed by atoms with van der Waals surface area (Å²) < 4.78 is 5.32. The fourth-order valence-electron chi connectivity index (χ4n) is 2.36. The molecule has 0 amide bonds. The van der Waals surface area contributed by atoms with Crippen molar-refractivity contribution in [3.8, 4) is 0 Å². The first-order chi connectivity index (χ1) is 8.34. The zero-order valence-corrected chi connectivity index (χ0v) is 11.8. The van der Waals surface area contributed by atoms with Crippen molar-refractivity contribution in [2.75, 3.05) is 45.8 Å². The third-order valence-electron chi connectivity index (χ3n) is 3.44. The van der Waals surface area contributed by atoms with Crippen LogP contribution in [0.15, 0.2) is 0 Å². The van der Waals surface area contributed by atoms with E-state index in [1.165, 1.54) is 32.2 Å². The third-order valence-corrected chi connectivity index (χ3v) is 3.59. The molecule has 0 radical (unpaired) electrons. The zero-order valence-electron chi connectivity index (χ0n) is 11.1. The van der Waals surface area contributed by atoms with Crippen molar-refractivity contribution in [1.29, 1.82) is 0 Å². The Labute approximate surface area is 111 Å². The van der Waals surface area contributed by atoms with Crippen molar-refractivity contribution >= 4 is 11.6 Å². The smallest absolute Gasteiger partial charge is 0.0601 e. The molecule has 0 aliphatic carbocycles. The minimum Gasteiger partial charge on any atom is -0.380 e. The molecule has 1 saturated heterocycles. The molecule has 0 aromatic carbocycles. The summed E-state index contributed by atoms with van der Waals surface area (Å²) >= 11 is 5.52. The number of nitrogens with one attached hydrogen (secondary N) is 1. The van der Waals surface area contributed by atoms with Gasteiger partial charge in [0, 0.05) is 18.5 Å².